The van der Waals surface area contributed by atoms with Gasteiger partial charge < -0.3 is 5.32 Å². The molecule has 0 radical (unpaired) electrons. The van der Waals surface area contributed by atoms with Crippen molar-refractivity contribution in [2.45, 2.75) is 104 Å². The molecule has 1 N–H and O–H groups in total. The highest BCUT2D eigenvalue weighted by Gasteiger charge is 2.02. The number of carbonyl (C=O) groups excluding carboxylic acids is 1. The number of hydrogen-bond donors (Lipinski definition) is 1. The molecule has 0 aliphatic heterocycles. The van der Waals surface area contributed by atoms with Crippen LogP contribution >= 0.6 is 0 Å². The molecule has 0 spiro atoms. The van der Waals surface area contributed by atoms with Crippen molar-refractivity contribution in [2.24, 2.45) is 0 Å². The summed E-state index contributed by atoms with van der Waals surface area (Å²) in [5.41, 5.74) is 0. The van der Waals surface area contributed by atoms with Crippen LogP contribution in [0.25, 0.3) is 0 Å². The van der Waals surface area contributed by atoms with Crippen molar-refractivity contribution in [3.8, 4) is 0 Å². The smallest absolute Gasteiger partial charge is 0.134 e. The lowest BCUT2D eigenvalue weighted by Crippen LogP contribution is -2.25. The van der Waals surface area contributed by atoms with Crippen LogP contribution in [-0.4, -0.2) is 18.4 Å². The van der Waals surface area contributed by atoms with E-state index >= 15 is 0 Å². The molecule has 2 heteroatoms. The van der Waals surface area contributed by atoms with Gasteiger partial charge in [0, 0.05) is 25.4 Å². The van der Waals surface area contributed by atoms with E-state index in [4.69, 9.17) is 0 Å². The molecule has 20 heavy (non-hydrogen) atoms. The summed E-state index contributed by atoms with van der Waals surface area (Å²) in [6.45, 7) is 7.34. The van der Waals surface area contributed by atoms with Crippen LogP contribution in [0.15, 0.2) is 0 Å². The molecule has 0 saturated carbocycles. The molecule has 0 saturated heterocycles. The maximum Gasteiger partial charge on any atom is 0.134 e. The van der Waals surface area contributed by atoms with Crippen LogP contribution in [-0.2, 0) is 4.79 Å². The summed E-state index contributed by atoms with van der Waals surface area (Å²) < 4.78 is 0. The Morgan fingerprint density at radius 1 is 0.800 bits per heavy atom. The van der Waals surface area contributed by atoms with E-state index < -0.39 is 0 Å². The topological polar surface area (TPSA) is 29.1 Å². The molecule has 0 aromatic carbocycles. The second kappa shape index (κ2) is 15.0. The fourth-order valence-electron chi connectivity index (χ4n) is 2.43. The Hall–Kier alpha value is -0.370. The summed E-state index contributed by atoms with van der Waals surface area (Å²) in [6, 6.07) is 0.486. The van der Waals surface area contributed by atoms with Crippen molar-refractivity contribution in [2.75, 3.05) is 6.54 Å². The van der Waals surface area contributed by atoms with Gasteiger partial charge in [0.05, 0.1) is 0 Å². The van der Waals surface area contributed by atoms with Crippen LogP contribution in [0.2, 0.25) is 0 Å². The van der Waals surface area contributed by atoms with Gasteiger partial charge in [0.15, 0.2) is 0 Å². The van der Waals surface area contributed by atoms with Crippen molar-refractivity contribution < 1.29 is 4.79 Å². The molecule has 0 aliphatic rings. The molecule has 2 nitrogen and oxygen atoms in total. The maximum atomic E-state index is 11.6. The van der Waals surface area contributed by atoms with Gasteiger partial charge in [0.25, 0.3) is 0 Å². The summed E-state index contributed by atoms with van der Waals surface area (Å²) in [7, 11) is 0. The zero-order chi connectivity index (χ0) is 15.1. The lowest BCUT2D eigenvalue weighted by Gasteiger charge is -2.07. The van der Waals surface area contributed by atoms with Gasteiger partial charge >= 0.3 is 0 Å². The van der Waals surface area contributed by atoms with Crippen LogP contribution in [0, 0.1) is 0 Å². The van der Waals surface area contributed by atoms with Gasteiger partial charge in [-0.3, -0.25) is 4.79 Å². The minimum absolute atomic E-state index is 0.428. The molecule has 0 unspecified atom stereocenters. The van der Waals surface area contributed by atoms with E-state index in [1.54, 1.807) is 0 Å². The zero-order valence-electron chi connectivity index (χ0n) is 14.2. The summed E-state index contributed by atoms with van der Waals surface area (Å²) in [5, 5.41) is 3.29. The molecular formula is C18H37NO. The molecular weight excluding hydrogens is 246 g/mol. The van der Waals surface area contributed by atoms with Crippen LogP contribution < -0.4 is 5.32 Å². The SMILES string of the molecule is CCCCCCCCCCCCC(=O)CCNC(C)C. The number of ketones is 1. The third-order valence-electron chi connectivity index (χ3n) is 3.77. The number of rotatable bonds is 15. The highest BCUT2D eigenvalue weighted by atomic mass is 16.1. The monoisotopic (exact) mass is 283 g/mol. The standard InChI is InChI=1S/C18H37NO/c1-4-5-6-7-8-9-10-11-12-13-14-18(20)15-16-19-17(2)3/h17,19H,4-16H2,1-3H3. The highest BCUT2D eigenvalue weighted by molar-refractivity contribution is 5.78. The molecule has 0 fully saturated rings. The van der Waals surface area contributed by atoms with Crippen molar-refractivity contribution in [1.29, 1.82) is 0 Å². The van der Waals surface area contributed by atoms with E-state index in [1.807, 2.05) is 0 Å². The first-order valence-electron chi connectivity index (χ1n) is 8.92. The normalized spacial score (nSPS) is 11.2. The second-order valence-electron chi connectivity index (χ2n) is 6.33. The van der Waals surface area contributed by atoms with E-state index in [2.05, 4.69) is 26.1 Å². The largest absolute Gasteiger partial charge is 0.314 e. The number of nitrogens with one attached hydrogen (secondary N) is 1. The molecule has 0 bridgehead atoms. The first-order valence-corrected chi connectivity index (χ1v) is 8.92. The summed E-state index contributed by atoms with van der Waals surface area (Å²) in [6.07, 6.45) is 14.8. The summed E-state index contributed by atoms with van der Waals surface area (Å²) in [5.74, 6) is 0.428. The Bertz CT molecular complexity index is 213. The first-order chi connectivity index (χ1) is 9.66. The number of Topliss-reactive ketones (excluding diaryl/α,β-unsaturated/α-hetero) is 1. The van der Waals surface area contributed by atoms with Gasteiger partial charge in [-0.2, -0.15) is 0 Å². The van der Waals surface area contributed by atoms with Gasteiger partial charge in [-0.05, 0) is 6.42 Å². The van der Waals surface area contributed by atoms with Gasteiger partial charge in [-0.25, -0.2) is 0 Å². The lowest BCUT2D eigenvalue weighted by atomic mass is 10.0. The van der Waals surface area contributed by atoms with Gasteiger partial charge in [0.1, 0.15) is 5.78 Å². The van der Waals surface area contributed by atoms with E-state index in [0.717, 1.165) is 19.4 Å². The zero-order valence-corrected chi connectivity index (χ0v) is 14.2. The van der Waals surface area contributed by atoms with Gasteiger partial charge in [-0.15, -0.1) is 0 Å². The molecule has 0 atom stereocenters. The van der Waals surface area contributed by atoms with E-state index in [9.17, 15) is 4.79 Å². The molecule has 0 aliphatic carbocycles. The molecule has 0 heterocycles. The average molecular weight is 284 g/mol. The predicted molar refractivity (Wildman–Crippen MR) is 89.2 cm³/mol. The van der Waals surface area contributed by atoms with Crippen molar-refractivity contribution in [3.63, 3.8) is 0 Å². The first kappa shape index (κ1) is 19.6. The summed E-state index contributed by atoms with van der Waals surface area (Å²) in [4.78, 5) is 11.6. The van der Waals surface area contributed by atoms with E-state index in [1.165, 1.54) is 57.8 Å². The maximum absolute atomic E-state index is 11.6. The third-order valence-corrected chi connectivity index (χ3v) is 3.77. The fraction of sp³-hybridized carbons (Fsp3) is 0.944. The van der Waals surface area contributed by atoms with Crippen LogP contribution in [0.3, 0.4) is 0 Å². The average Bonchev–Trinajstić information content (AvgIpc) is 2.40. The Balaban J connectivity index is 3.13. The highest BCUT2D eigenvalue weighted by Crippen LogP contribution is 2.11. The lowest BCUT2D eigenvalue weighted by molar-refractivity contribution is -0.119. The molecule has 120 valence electrons. The Labute approximate surface area is 127 Å². The Kier molecular flexibility index (Phi) is 14.7. The minimum atomic E-state index is 0.428. The second-order valence-corrected chi connectivity index (χ2v) is 6.33. The van der Waals surface area contributed by atoms with Crippen LogP contribution in [0.5, 0.6) is 0 Å². The predicted octanol–water partition coefficient (Wildman–Crippen LogP) is 5.25. The van der Waals surface area contributed by atoms with Crippen LogP contribution in [0.4, 0.5) is 0 Å². The van der Waals surface area contributed by atoms with Crippen molar-refractivity contribution >= 4 is 5.78 Å². The number of carbonyl (C=O) groups is 1. The van der Waals surface area contributed by atoms with Crippen molar-refractivity contribution in [3.05, 3.63) is 0 Å². The number of unbranched alkanes of at least 4 members (excludes halogenated alkanes) is 9. The Morgan fingerprint density at radius 3 is 1.80 bits per heavy atom. The minimum Gasteiger partial charge on any atom is -0.314 e. The quantitative estimate of drug-likeness (QED) is 0.416. The van der Waals surface area contributed by atoms with E-state index in [0.29, 0.717) is 18.2 Å². The fourth-order valence-corrected chi connectivity index (χ4v) is 2.43. The molecule has 0 amide bonds. The van der Waals surface area contributed by atoms with E-state index in [-0.39, 0.29) is 0 Å². The van der Waals surface area contributed by atoms with Crippen molar-refractivity contribution in [1.82, 2.24) is 5.32 Å². The molecule has 0 rings (SSSR count). The number of hydrogen-bond acceptors (Lipinski definition) is 2. The Morgan fingerprint density at radius 2 is 1.30 bits per heavy atom. The molecule has 0 aromatic rings. The van der Waals surface area contributed by atoms with Gasteiger partial charge in [0.2, 0.25) is 0 Å². The van der Waals surface area contributed by atoms with Crippen LogP contribution in [0.1, 0.15) is 97.8 Å². The van der Waals surface area contributed by atoms with Gasteiger partial charge in [-0.1, -0.05) is 78.6 Å². The summed E-state index contributed by atoms with van der Waals surface area (Å²) >= 11 is 0. The molecule has 0 aromatic heterocycles. The third kappa shape index (κ3) is 15.7.